The van der Waals surface area contributed by atoms with Crippen molar-refractivity contribution in [3.05, 3.63) is 77.4 Å². The number of aliphatic hydroxyl groups excluding tert-OH is 1. The van der Waals surface area contributed by atoms with E-state index in [0.717, 1.165) is 11.1 Å². The van der Waals surface area contributed by atoms with Crippen molar-refractivity contribution < 1.29 is 5.11 Å². The Morgan fingerprint density at radius 3 is 2.48 bits per heavy atom. The Morgan fingerprint density at radius 2 is 1.83 bits per heavy atom. The molecule has 0 aliphatic heterocycles. The van der Waals surface area contributed by atoms with Crippen molar-refractivity contribution in [3.8, 4) is 6.07 Å². The van der Waals surface area contributed by atoms with E-state index < -0.39 is 6.10 Å². The van der Waals surface area contributed by atoms with Gasteiger partial charge in [-0.2, -0.15) is 5.26 Å². The van der Waals surface area contributed by atoms with E-state index in [0.29, 0.717) is 18.5 Å². The molecule has 0 radical (unpaired) electrons. The molecule has 2 aromatic carbocycles. The average molecular weight is 306 g/mol. The molecule has 3 nitrogen and oxygen atoms in total. The van der Waals surface area contributed by atoms with Crippen molar-refractivity contribution in [2.24, 2.45) is 0 Å². The minimum absolute atomic E-state index is 0.0146. The lowest BCUT2D eigenvalue weighted by atomic mass is 10.0. The first kappa shape index (κ1) is 17.0. The minimum atomic E-state index is -0.416. The molecule has 2 unspecified atom stereocenters. The summed E-state index contributed by atoms with van der Waals surface area (Å²) in [6, 6.07) is 19.6. The summed E-state index contributed by atoms with van der Waals surface area (Å²) in [6.45, 7) is 2.68. The molecule has 0 saturated heterocycles. The Hall–Kier alpha value is -2.41. The van der Waals surface area contributed by atoms with Crippen LogP contribution in [0.15, 0.2) is 60.7 Å². The van der Waals surface area contributed by atoms with E-state index in [9.17, 15) is 5.11 Å². The Balaban J connectivity index is 1.76. The van der Waals surface area contributed by atoms with Crippen LogP contribution in [0.2, 0.25) is 0 Å². The van der Waals surface area contributed by atoms with Crippen LogP contribution in [-0.4, -0.2) is 23.8 Å². The second kappa shape index (κ2) is 8.89. The highest BCUT2D eigenvalue weighted by atomic mass is 16.3. The van der Waals surface area contributed by atoms with Gasteiger partial charge >= 0.3 is 0 Å². The van der Waals surface area contributed by atoms with Gasteiger partial charge in [-0.3, -0.25) is 0 Å². The zero-order valence-electron chi connectivity index (χ0n) is 13.3. The average Bonchev–Trinajstić information content (AvgIpc) is 2.60. The Kier molecular flexibility index (Phi) is 6.56. The quantitative estimate of drug-likeness (QED) is 0.826. The number of hydrogen-bond acceptors (Lipinski definition) is 3. The third-order valence-corrected chi connectivity index (χ3v) is 3.77. The minimum Gasteiger partial charge on any atom is -0.391 e. The monoisotopic (exact) mass is 306 g/mol. The lowest BCUT2D eigenvalue weighted by molar-refractivity contribution is 0.136. The molecule has 0 aliphatic rings. The molecule has 3 heteroatoms. The van der Waals surface area contributed by atoms with Crippen LogP contribution < -0.4 is 5.32 Å². The van der Waals surface area contributed by atoms with Gasteiger partial charge in [-0.15, -0.1) is 0 Å². The van der Waals surface area contributed by atoms with Crippen LogP contribution in [0, 0.1) is 11.3 Å². The molecule has 0 fully saturated rings. The van der Waals surface area contributed by atoms with Crippen molar-refractivity contribution >= 4 is 6.08 Å². The second-order valence-electron chi connectivity index (χ2n) is 5.59. The summed E-state index contributed by atoms with van der Waals surface area (Å²) < 4.78 is 0. The first-order valence-corrected chi connectivity index (χ1v) is 7.81. The van der Waals surface area contributed by atoms with E-state index in [4.69, 9.17) is 5.26 Å². The molecular formula is C20H22N2O. The van der Waals surface area contributed by atoms with E-state index in [-0.39, 0.29) is 6.04 Å². The van der Waals surface area contributed by atoms with E-state index in [2.05, 4.69) is 11.4 Å². The highest BCUT2D eigenvalue weighted by molar-refractivity contribution is 5.51. The van der Waals surface area contributed by atoms with Gasteiger partial charge in [0, 0.05) is 12.6 Å². The van der Waals surface area contributed by atoms with Crippen LogP contribution in [0.4, 0.5) is 0 Å². The highest BCUT2D eigenvalue weighted by Gasteiger charge is 2.13. The second-order valence-corrected chi connectivity index (χ2v) is 5.59. The van der Waals surface area contributed by atoms with Gasteiger partial charge in [-0.05, 0) is 36.6 Å². The lowest BCUT2D eigenvalue weighted by Gasteiger charge is -2.19. The molecule has 0 aromatic heterocycles. The number of nitrogens with one attached hydrogen (secondary N) is 1. The molecule has 0 saturated carbocycles. The topological polar surface area (TPSA) is 56.0 Å². The summed E-state index contributed by atoms with van der Waals surface area (Å²) in [5.41, 5.74) is 2.86. The van der Waals surface area contributed by atoms with Crippen LogP contribution in [0.3, 0.4) is 0 Å². The summed E-state index contributed by atoms with van der Waals surface area (Å²) in [6.07, 6.45) is 4.26. The van der Waals surface area contributed by atoms with Gasteiger partial charge in [-0.25, -0.2) is 0 Å². The van der Waals surface area contributed by atoms with Crippen LogP contribution in [0.1, 0.15) is 23.6 Å². The van der Waals surface area contributed by atoms with Crippen molar-refractivity contribution in [2.45, 2.75) is 25.5 Å². The van der Waals surface area contributed by atoms with Crippen LogP contribution in [0.25, 0.3) is 6.08 Å². The van der Waals surface area contributed by atoms with Gasteiger partial charge < -0.3 is 10.4 Å². The number of nitrogens with zero attached hydrogens (tertiary/aromatic N) is 1. The Bertz CT molecular complexity index is 656. The van der Waals surface area contributed by atoms with Crippen LogP contribution in [-0.2, 0) is 6.42 Å². The first-order chi connectivity index (χ1) is 11.2. The van der Waals surface area contributed by atoms with Crippen molar-refractivity contribution in [2.75, 3.05) is 6.54 Å². The van der Waals surface area contributed by atoms with E-state index in [1.807, 2.05) is 61.5 Å². The molecule has 0 aliphatic carbocycles. The predicted molar refractivity (Wildman–Crippen MR) is 93.8 cm³/mol. The van der Waals surface area contributed by atoms with Crippen molar-refractivity contribution in [3.63, 3.8) is 0 Å². The molecule has 118 valence electrons. The number of rotatable bonds is 7. The summed E-state index contributed by atoms with van der Waals surface area (Å²) in [5, 5.41) is 22.3. The molecule has 0 bridgehead atoms. The van der Waals surface area contributed by atoms with E-state index in [1.165, 1.54) is 0 Å². The lowest BCUT2D eigenvalue weighted by Crippen LogP contribution is -2.38. The van der Waals surface area contributed by atoms with Gasteiger partial charge in [0.25, 0.3) is 0 Å². The Labute approximate surface area is 137 Å². The van der Waals surface area contributed by atoms with Gasteiger partial charge in [0.15, 0.2) is 0 Å². The van der Waals surface area contributed by atoms with Crippen LogP contribution in [0.5, 0.6) is 0 Å². The molecule has 2 N–H and O–H groups in total. The standard InChI is InChI=1S/C20H22N2O/c1-16(20(23)14-18-6-3-2-4-7-18)22-13-5-8-17-9-11-19(15-21)12-10-17/h2-12,16,20,22-23H,13-14H2,1H3/b8-5+. The third kappa shape index (κ3) is 5.71. The maximum Gasteiger partial charge on any atom is 0.0991 e. The van der Waals surface area contributed by atoms with Gasteiger partial charge in [-0.1, -0.05) is 54.6 Å². The fourth-order valence-corrected chi connectivity index (χ4v) is 2.29. The predicted octanol–water partition coefficient (Wildman–Crippen LogP) is 3.15. The Morgan fingerprint density at radius 1 is 1.13 bits per heavy atom. The zero-order chi connectivity index (χ0) is 16.5. The van der Waals surface area contributed by atoms with Crippen molar-refractivity contribution in [1.29, 1.82) is 5.26 Å². The molecule has 0 spiro atoms. The SMILES string of the molecule is CC(NC/C=C/c1ccc(C#N)cc1)C(O)Cc1ccccc1. The molecule has 0 heterocycles. The first-order valence-electron chi connectivity index (χ1n) is 7.81. The van der Waals surface area contributed by atoms with Gasteiger partial charge in [0.2, 0.25) is 0 Å². The normalized spacial score (nSPS) is 13.6. The number of aliphatic hydroxyl groups is 1. The summed E-state index contributed by atoms with van der Waals surface area (Å²) >= 11 is 0. The molecule has 2 rings (SSSR count). The number of benzene rings is 2. The summed E-state index contributed by atoms with van der Waals surface area (Å²) in [4.78, 5) is 0. The number of nitriles is 1. The van der Waals surface area contributed by atoms with Gasteiger partial charge in [0.1, 0.15) is 0 Å². The molecule has 0 amide bonds. The fourth-order valence-electron chi connectivity index (χ4n) is 2.29. The smallest absolute Gasteiger partial charge is 0.0991 e. The molecule has 2 atom stereocenters. The molecular weight excluding hydrogens is 284 g/mol. The third-order valence-electron chi connectivity index (χ3n) is 3.77. The maximum atomic E-state index is 10.2. The largest absolute Gasteiger partial charge is 0.391 e. The fraction of sp³-hybridized carbons (Fsp3) is 0.250. The summed E-state index contributed by atoms with van der Waals surface area (Å²) in [7, 11) is 0. The van der Waals surface area contributed by atoms with Crippen molar-refractivity contribution in [1.82, 2.24) is 5.32 Å². The van der Waals surface area contributed by atoms with Gasteiger partial charge in [0.05, 0.1) is 17.7 Å². The maximum absolute atomic E-state index is 10.2. The molecule has 23 heavy (non-hydrogen) atoms. The van der Waals surface area contributed by atoms with Crippen LogP contribution >= 0.6 is 0 Å². The van der Waals surface area contributed by atoms with E-state index >= 15 is 0 Å². The molecule has 2 aromatic rings. The zero-order valence-corrected chi connectivity index (χ0v) is 13.3. The summed E-state index contributed by atoms with van der Waals surface area (Å²) in [5.74, 6) is 0. The highest BCUT2D eigenvalue weighted by Crippen LogP contribution is 2.07. The van der Waals surface area contributed by atoms with E-state index in [1.54, 1.807) is 12.1 Å². The number of hydrogen-bond donors (Lipinski definition) is 2.